The van der Waals surface area contributed by atoms with Crippen molar-refractivity contribution in [2.24, 2.45) is 0 Å². The van der Waals surface area contributed by atoms with Crippen LogP contribution in [-0.2, 0) is 4.79 Å². The van der Waals surface area contributed by atoms with Crippen molar-refractivity contribution in [3.8, 4) is 0 Å². The Balaban J connectivity index is 1.73. The van der Waals surface area contributed by atoms with Crippen LogP contribution in [-0.4, -0.2) is 46.9 Å². The molecule has 2 fully saturated rings. The number of benzene rings is 1. The molecule has 2 saturated heterocycles. The molecule has 0 bridgehead atoms. The summed E-state index contributed by atoms with van der Waals surface area (Å²) in [6.45, 7) is 6.29. The monoisotopic (exact) mass is 315 g/mol. The van der Waals surface area contributed by atoms with Gasteiger partial charge in [0, 0.05) is 31.6 Å². The topological polar surface area (TPSA) is 52.7 Å². The second-order valence-corrected chi connectivity index (χ2v) is 7.07. The van der Waals surface area contributed by atoms with E-state index in [1.165, 1.54) is 0 Å². The van der Waals surface area contributed by atoms with Crippen molar-refractivity contribution in [3.63, 3.8) is 0 Å². The third kappa shape index (κ3) is 3.33. The smallest absolute Gasteiger partial charge is 0.318 e. The number of carbonyl (C=O) groups excluding carboxylic acids is 2. The van der Waals surface area contributed by atoms with E-state index in [9.17, 15) is 9.59 Å². The van der Waals surface area contributed by atoms with Crippen molar-refractivity contribution in [3.05, 3.63) is 35.9 Å². The third-order valence-corrected chi connectivity index (χ3v) is 5.00. The van der Waals surface area contributed by atoms with Crippen LogP contribution in [0.4, 0.5) is 4.79 Å². The van der Waals surface area contributed by atoms with Crippen molar-refractivity contribution in [1.82, 2.24) is 15.1 Å². The zero-order chi connectivity index (χ0) is 16.4. The van der Waals surface area contributed by atoms with Crippen molar-refractivity contribution < 1.29 is 9.59 Å². The minimum atomic E-state index is -0.165. The zero-order valence-corrected chi connectivity index (χ0v) is 13.9. The normalized spacial score (nSPS) is 21.0. The number of hydrogen-bond acceptors (Lipinski definition) is 2. The van der Waals surface area contributed by atoms with Crippen LogP contribution in [0.1, 0.15) is 44.7 Å². The molecule has 23 heavy (non-hydrogen) atoms. The van der Waals surface area contributed by atoms with Crippen molar-refractivity contribution in [2.75, 3.05) is 19.6 Å². The molecule has 0 saturated carbocycles. The summed E-state index contributed by atoms with van der Waals surface area (Å²) in [7, 11) is 0. The molecular weight excluding hydrogens is 290 g/mol. The number of likely N-dealkylation sites (tertiary alicyclic amines) is 2. The maximum absolute atomic E-state index is 12.6. The largest absolute Gasteiger partial charge is 0.340 e. The number of rotatable bonds is 4. The van der Waals surface area contributed by atoms with Gasteiger partial charge < -0.3 is 15.1 Å². The number of amides is 3. The van der Waals surface area contributed by atoms with Crippen LogP contribution in [0.3, 0.4) is 0 Å². The van der Waals surface area contributed by atoms with E-state index < -0.39 is 0 Å². The number of nitrogens with one attached hydrogen (secondary N) is 1. The number of urea groups is 1. The molecule has 5 heteroatoms. The Morgan fingerprint density at radius 3 is 2.52 bits per heavy atom. The van der Waals surface area contributed by atoms with E-state index >= 15 is 0 Å². The van der Waals surface area contributed by atoms with Gasteiger partial charge in [0.15, 0.2) is 0 Å². The van der Waals surface area contributed by atoms with Gasteiger partial charge in [-0.3, -0.25) is 4.79 Å². The van der Waals surface area contributed by atoms with Crippen LogP contribution in [0.5, 0.6) is 0 Å². The average Bonchev–Trinajstić information content (AvgIpc) is 2.91. The Labute approximate surface area is 137 Å². The molecule has 1 aromatic rings. The first-order valence-electron chi connectivity index (χ1n) is 8.38. The molecule has 3 rings (SSSR count). The third-order valence-electron chi connectivity index (χ3n) is 5.00. The molecule has 5 nitrogen and oxygen atoms in total. The lowest BCUT2D eigenvalue weighted by molar-refractivity contribution is -0.128. The number of hydrogen-bond donors (Lipinski definition) is 1. The highest BCUT2D eigenvalue weighted by atomic mass is 16.2. The van der Waals surface area contributed by atoms with E-state index in [0.717, 1.165) is 31.5 Å². The summed E-state index contributed by atoms with van der Waals surface area (Å²) in [4.78, 5) is 28.3. The lowest BCUT2D eigenvalue weighted by Crippen LogP contribution is -2.61. The Bertz CT molecular complexity index is 585. The molecule has 0 aromatic heterocycles. The van der Waals surface area contributed by atoms with Crippen LogP contribution in [0.25, 0.3) is 0 Å². The predicted octanol–water partition coefficient (Wildman–Crippen LogP) is 2.54. The average molecular weight is 315 g/mol. The highest BCUT2D eigenvalue weighted by Gasteiger charge is 2.40. The van der Waals surface area contributed by atoms with Gasteiger partial charge in [0.1, 0.15) is 0 Å². The van der Waals surface area contributed by atoms with E-state index in [0.29, 0.717) is 13.0 Å². The van der Waals surface area contributed by atoms with Gasteiger partial charge in [-0.1, -0.05) is 30.3 Å². The first-order chi connectivity index (χ1) is 11.0. The van der Waals surface area contributed by atoms with Crippen LogP contribution in [0, 0.1) is 0 Å². The molecular formula is C18H25N3O2. The second kappa shape index (κ2) is 6.22. The van der Waals surface area contributed by atoms with Gasteiger partial charge in [-0.05, 0) is 32.3 Å². The highest BCUT2D eigenvalue weighted by molar-refractivity contribution is 5.79. The maximum Gasteiger partial charge on any atom is 0.318 e. The first kappa shape index (κ1) is 15.8. The predicted molar refractivity (Wildman–Crippen MR) is 88.9 cm³/mol. The van der Waals surface area contributed by atoms with Crippen LogP contribution < -0.4 is 5.32 Å². The molecule has 1 atom stereocenters. The molecule has 2 aliphatic heterocycles. The van der Waals surface area contributed by atoms with Crippen molar-refractivity contribution in [2.45, 2.75) is 44.7 Å². The summed E-state index contributed by atoms with van der Waals surface area (Å²) >= 11 is 0. The second-order valence-electron chi connectivity index (χ2n) is 7.07. The summed E-state index contributed by atoms with van der Waals surface area (Å²) in [6.07, 6.45) is 2.56. The fourth-order valence-corrected chi connectivity index (χ4v) is 3.31. The fourth-order valence-electron chi connectivity index (χ4n) is 3.31. The fraction of sp³-hybridized carbons (Fsp3) is 0.556. The molecule has 1 aromatic carbocycles. The van der Waals surface area contributed by atoms with Gasteiger partial charge in [-0.2, -0.15) is 0 Å². The van der Waals surface area contributed by atoms with Gasteiger partial charge in [0.25, 0.3) is 0 Å². The molecule has 0 aliphatic carbocycles. The standard InChI is InChI=1S/C18H25N3O2/c1-18(2)10-12-21(18)17(23)19-15(14-7-4-3-5-8-14)13-20-11-6-9-16(20)22/h3-5,7-8,15H,6,9-13H2,1-2H3,(H,19,23). The quantitative estimate of drug-likeness (QED) is 0.928. The van der Waals surface area contributed by atoms with E-state index in [4.69, 9.17) is 0 Å². The summed E-state index contributed by atoms with van der Waals surface area (Å²) in [5, 5.41) is 3.13. The zero-order valence-electron chi connectivity index (χ0n) is 13.9. The van der Waals surface area contributed by atoms with Gasteiger partial charge in [-0.15, -0.1) is 0 Å². The lowest BCUT2D eigenvalue weighted by Gasteiger charge is -2.48. The number of nitrogens with zero attached hydrogens (tertiary/aromatic N) is 2. The van der Waals surface area contributed by atoms with Crippen molar-refractivity contribution in [1.29, 1.82) is 0 Å². The highest BCUT2D eigenvalue weighted by Crippen LogP contribution is 2.30. The molecule has 2 heterocycles. The SMILES string of the molecule is CC1(C)CCN1C(=O)NC(CN1CCCC1=O)c1ccccc1. The molecule has 3 amide bonds. The van der Waals surface area contributed by atoms with Gasteiger partial charge in [0.05, 0.1) is 6.04 Å². The van der Waals surface area contributed by atoms with Gasteiger partial charge in [-0.25, -0.2) is 4.79 Å². The Morgan fingerprint density at radius 2 is 2.00 bits per heavy atom. The molecule has 0 spiro atoms. The van der Waals surface area contributed by atoms with E-state index in [2.05, 4.69) is 19.2 Å². The Kier molecular flexibility index (Phi) is 4.28. The summed E-state index contributed by atoms with van der Waals surface area (Å²) in [5.41, 5.74) is 0.966. The van der Waals surface area contributed by atoms with E-state index in [-0.39, 0.29) is 23.5 Å². The minimum absolute atomic E-state index is 0.0400. The minimum Gasteiger partial charge on any atom is -0.340 e. The van der Waals surface area contributed by atoms with Gasteiger partial charge >= 0.3 is 6.03 Å². The molecule has 124 valence electrons. The Morgan fingerprint density at radius 1 is 1.26 bits per heavy atom. The number of carbonyl (C=O) groups is 2. The summed E-state index contributed by atoms with van der Waals surface area (Å²) < 4.78 is 0. The van der Waals surface area contributed by atoms with Crippen LogP contribution in [0.2, 0.25) is 0 Å². The first-order valence-corrected chi connectivity index (χ1v) is 8.38. The molecule has 1 N–H and O–H groups in total. The summed E-state index contributed by atoms with van der Waals surface area (Å²) in [6, 6.07) is 9.70. The molecule has 1 unspecified atom stereocenters. The lowest BCUT2D eigenvalue weighted by atomic mass is 9.89. The summed E-state index contributed by atoms with van der Waals surface area (Å²) in [5.74, 6) is 0.185. The van der Waals surface area contributed by atoms with E-state index in [1.54, 1.807) is 0 Å². The van der Waals surface area contributed by atoms with E-state index in [1.807, 2.05) is 40.1 Å². The maximum atomic E-state index is 12.6. The van der Waals surface area contributed by atoms with Crippen molar-refractivity contribution >= 4 is 11.9 Å². The van der Waals surface area contributed by atoms with Crippen LogP contribution in [0.15, 0.2) is 30.3 Å². The molecule has 2 aliphatic rings. The Hall–Kier alpha value is -2.04. The molecule has 0 radical (unpaired) electrons. The van der Waals surface area contributed by atoms with Crippen LogP contribution >= 0.6 is 0 Å². The van der Waals surface area contributed by atoms with Gasteiger partial charge in [0.2, 0.25) is 5.91 Å².